The van der Waals surface area contributed by atoms with Gasteiger partial charge in [0, 0.05) is 26.3 Å². The highest BCUT2D eigenvalue weighted by Gasteiger charge is 2.43. The molecule has 57 heavy (non-hydrogen) atoms. The zero-order valence-electron chi connectivity index (χ0n) is 37.4. The summed E-state index contributed by atoms with van der Waals surface area (Å²) in [6.45, 7) is 29.1. The maximum atomic E-state index is 12.4. The van der Waals surface area contributed by atoms with Gasteiger partial charge in [-0.3, -0.25) is 0 Å². The van der Waals surface area contributed by atoms with Gasteiger partial charge in [-0.25, -0.2) is 29.2 Å². The fourth-order valence-electron chi connectivity index (χ4n) is 9.68. The molecule has 0 aromatic heterocycles. The number of ether oxygens (including phenoxy) is 4. The number of carbonyl (C=O) groups is 2. The van der Waals surface area contributed by atoms with E-state index in [1.165, 1.54) is 0 Å². The quantitative estimate of drug-likeness (QED) is 0.0417. The van der Waals surface area contributed by atoms with Gasteiger partial charge in [0.1, 0.15) is 13.2 Å². The number of aliphatic imine (C=N–C) groups is 2. The lowest BCUT2D eigenvalue weighted by molar-refractivity contribution is 0.0619. The van der Waals surface area contributed by atoms with E-state index in [9.17, 15) is 19.2 Å². The van der Waals surface area contributed by atoms with Crippen molar-refractivity contribution in [1.29, 1.82) is 0 Å². The van der Waals surface area contributed by atoms with Gasteiger partial charge in [-0.2, -0.15) is 0 Å². The van der Waals surface area contributed by atoms with Crippen LogP contribution in [0, 0.1) is 21.7 Å². The predicted octanol–water partition coefficient (Wildman–Crippen LogP) is 8.24. The third-order valence-corrected chi connectivity index (χ3v) is 22.2. The fourth-order valence-corrected chi connectivity index (χ4v) is 23.7. The maximum absolute atomic E-state index is 12.4. The molecule has 0 aromatic rings. The number of rotatable bonds is 24. The predicted molar refractivity (Wildman–Crippen MR) is 229 cm³/mol. The van der Waals surface area contributed by atoms with Gasteiger partial charge < -0.3 is 37.8 Å². The SMILES string of the molecule is CC1(C)CC(N=C=O)CC(C)(CNC(=O)OCCOCCC[Si](C)(C)O[Si](C)(C)O[Si](C)(C)CCCOCCOC(=O)NCC2(C)CC(N=C=O)CC(C)(C)C2)C1. The van der Waals surface area contributed by atoms with Crippen LogP contribution in [0.5, 0.6) is 0 Å². The van der Waals surface area contributed by atoms with E-state index in [1.54, 1.807) is 12.2 Å². The third kappa shape index (κ3) is 21.6. The third-order valence-electron chi connectivity index (χ3n) is 10.7. The second kappa shape index (κ2) is 22.4. The van der Waals surface area contributed by atoms with Gasteiger partial charge in [0.15, 0.2) is 16.6 Å². The van der Waals surface area contributed by atoms with Crippen LogP contribution in [0.2, 0.25) is 51.4 Å². The van der Waals surface area contributed by atoms with E-state index in [1.807, 2.05) is 0 Å². The summed E-state index contributed by atoms with van der Waals surface area (Å²) in [5.41, 5.74) is -0.303. The summed E-state index contributed by atoms with van der Waals surface area (Å²) >= 11 is 0. The van der Waals surface area contributed by atoms with Crippen LogP contribution in [-0.4, -0.2) is 114 Å². The molecule has 2 aliphatic carbocycles. The highest BCUT2D eigenvalue weighted by atomic mass is 28.5. The molecule has 2 aliphatic rings. The first kappa shape index (κ1) is 50.9. The zero-order chi connectivity index (χ0) is 43.0. The molecule has 0 bridgehead atoms. The average Bonchev–Trinajstić information content (AvgIpc) is 3.03. The molecule has 2 fully saturated rings. The molecule has 0 radical (unpaired) electrons. The number of nitrogens with zero attached hydrogens (tertiary/aromatic N) is 2. The van der Waals surface area contributed by atoms with Crippen molar-refractivity contribution in [2.24, 2.45) is 31.6 Å². The molecule has 328 valence electrons. The summed E-state index contributed by atoms with van der Waals surface area (Å²) in [5, 5.41) is 5.78. The highest BCUT2D eigenvalue weighted by molar-refractivity contribution is 6.87. The molecule has 2 amide bonds. The topological polar surface area (TPSA) is 172 Å². The van der Waals surface area contributed by atoms with Gasteiger partial charge in [0.2, 0.25) is 12.2 Å². The Morgan fingerprint density at radius 3 is 1.32 bits per heavy atom. The summed E-state index contributed by atoms with van der Waals surface area (Å²) in [6, 6.07) is 1.71. The lowest BCUT2D eigenvalue weighted by Crippen LogP contribution is -2.52. The van der Waals surface area contributed by atoms with E-state index in [0.717, 1.165) is 63.5 Å². The number of isocyanates is 2. The second-order valence-corrected chi connectivity index (χ2v) is 32.9. The van der Waals surface area contributed by atoms with Crippen LogP contribution in [0.3, 0.4) is 0 Å². The molecule has 0 aliphatic heterocycles. The van der Waals surface area contributed by atoms with Crippen molar-refractivity contribution in [2.45, 2.75) is 156 Å². The number of amides is 2. The molecular weight excluding hydrogens is 781 g/mol. The van der Waals surface area contributed by atoms with E-state index in [-0.39, 0.29) is 47.0 Å². The van der Waals surface area contributed by atoms with Crippen molar-refractivity contribution in [1.82, 2.24) is 10.6 Å². The van der Waals surface area contributed by atoms with Crippen LogP contribution in [-0.2, 0) is 36.8 Å². The summed E-state index contributed by atoms with van der Waals surface area (Å²) in [5.74, 6) is 0. The molecule has 2 saturated carbocycles. The lowest BCUT2D eigenvalue weighted by atomic mass is 9.62. The molecule has 2 rings (SSSR count). The Labute approximate surface area is 346 Å². The largest absolute Gasteiger partial charge is 0.447 e. The summed E-state index contributed by atoms with van der Waals surface area (Å²) in [4.78, 5) is 54.3. The van der Waals surface area contributed by atoms with Crippen LogP contribution >= 0.6 is 0 Å². The van der Waals surface area contributed by atoms with Crippen LogP contribution < -0.4 is 10.6 Å². The van der Waals surface area contributed by atoms with E-state index >= 15 is 0 Å². The lowest BCUT2D eigenvalue weighted by Gasteiger charge is -2.45. The highest BCUT2D eigenvalue weighted by Crippen LogP contribution is 2.47. The van der Waals surface area contributed by atoms with E-state index in [2.05, 4.69) is 101 Å². The normalized spacial score (nSPS) is 24.7. The molecule has 4 unspecified atom stereocenters. The van der Waals surface area contributed by atoms with E-state index in [0.29, 0.717) is 39.5 Å². The van der Waals surface area contributed by atoms with E-state index in [4.69, 9.17) is 27.2 Å². The molecule has 17 heteroatoms. The molecule has 14 nitrogen and oxygen atoms in total. The zero-order valence-corrected chi connectivity index (χ0v) is 40.4. The minimum Gasteiger partial charge on any atom is -0.447 e. The summed E-state index contributed by atoms with van der Waals surface area (Å²) in [7, 11) is -6.40. The van der Waals surface area contributed by atoms with Crippen LogP contribution in [0.25, 0.3) is 0 Å². The summed E-state index contributed by atoms with van der Waals surface area (Å²) < 4.78 is 35.7. The number of hydrogen-bond acceptors (Lipinski definition) is 12. The summed E-state index contributed by atoms with van der Waals surface area (Å²) in [6.07, 6.45) is 9.15. The second-order valence-electron chi connectivity index (χ2n) is 20.4. The van der Waals surface area contributed by atoms with Crippen LogP contribution in [0.4, 0.5) is 9.59 Å². The van der Waals surface area contributed by atoms with E-state index < -0.39 is 37.4 Å². The molecular formula is C40H76N4O10Si3. The Balaban J connectivity index is 1.56. The fraction of sp³-hybridized carbons (Fsp3) is 0.900. The van der Waals surface area contributed by atoms with Crippen molar-refractivity contribution < 1.29 is 46.4 Å². The van der Waals surface area contributed by atoms with Crippen molar-refractivity contribution in [3.05, 3.63) is 0 Å². The number of hydrogen-bond donors (Lipinski definition) is 2. The average molecular weight is 857 g/mol. The van der Waals surface area contributed by atoms with Crippen LogP contribution in [0.1, 0.15) is 92.9 Å². The van der Waals surface area contributed by atoms with Gasteiger partial charge >= 0.3 is 20.7 Å². The maximum Gasteiger partial charge on any atom is 0.407 e. The number of carbonyl (C=O) groups excluding carboxylic acids is 4. The molecule has 2 N–H and O–H groups in total. The van der Waals surface area contributed by atoms with Gasteiger partial charge in [-0.05, 0) is 124 Å². The monoisotopic (exact) mass is 856 g/mol. The molecule has 4 atom stereocenters. The van der Waals surface area contributed by atoms with Gasteiger partial charge in [-0.1, -0.05) is 41.5 Å². The number of alkyl carbamates (subject to hydrolysis) is 2. The first-order valence-electron chi connectivity index (χ1n) is 20.8. The van der Waals surface area contributed by atoms with Gasteiger partial charge in [0.25, 0.3) is 0 Å². The Kier molecular flexibility index (Phi) is 20.0. The Morgan fingerprint density at radius 1 is 0.596 bits per heavy atom. The molecule has 0 heterocycles. The first-order valence-corrected chi connectivity index (χ1v) is 29.9. The van der Waals surface area contributed by atoms with Crippen molar-refractivity contribution in [3.8, 4) is 0 Å². The smallest absolute Gasteiger partial charge is 0.407 e. The number of nitrogens with one attached hydrogen (secondary N) is 2. The Bertz CT molecular complexity index is 1290. The Morgan fingerprint density at radius 2 is 0.965 bits per heavy atom. The minimum absolute atomic E-state index is 0.0242. The first-order chi connectivity index (χ1) is 26.3. The van der Waals surface area contributed by atoms with Crippen molar-refractivity contribution in [2.75, 3.05) is 52.7 Å². The van der Waals surface area contributed by atoms with Crippen molar-refractivity contribution >= 4 is 49.5 Å². The Hall–Kier alpha value is -2.21. The minimum atomic E-state index is -2.38. The van der Waals surface area contributed by atoms with Gasteiger partial charge in [-0.15, -0.1) is 0 Å². The molecule has 0 aromatic carbocycles. The standard InChI is InChI=1S/C40H76N4O10Si3/c1-37(2)23-33(43-31-45)25-39(5,27-37)29-41-35(47)51-19-17-49-15-13-21-55(7,8)53-57(11,12)54-56(9,10)22-14-16-50-18-20-52-36(48)42-30-40(6)26-34(44-32-46)24-38(3,4)28-40/h33-34H,13-30H2,1-12H3,(H,41,47)(H,42,48). The van der Waals surface area contributed by atoms with Crippen LogP contribution in [0.15, 0.2) is 9.98 Å². The van der Waals surface area contributed by atoms with Gasteiger partial charge in [0.05, 0.1) is 25.3 Å². The molecule has 0 spiro atoms. The molecule has 0 saturated heterocycles. The van der Waals surface area contributed by atoms with Crippen molar-refractivity contribution in [3.63, 3.8) is 0 Å².